The third-order valence-electron chi connectivity index (χ3n) is 3.92. The molecule has 24 heavy (non-hydrogen) atoms. The van der Waals surface area contributed by atoms with Gasteiger partial charge in [0.05, 0.1) is 12.4 Å². The maximum Gasteiger partial charge on any atom is 0.275 e. The number of hydrogen-bond acceptors (Lipinski definition) is 5. The lowest BCUT2D eigenvalue weighted by Gasteiger charge is -2.16. The van der Waals surface area contributed by atoms with Crippen molar-refractivity contribution >= 4 is 23.3 Å². The topological polar surface area (TPSA) is 87.2 Å². The molecular weight excluding hydrogens is 306 g/mol. The minimum Gasteiger partial charge on any atom is -0.355 e. The second-order valence-corrected chi connectivity index (χ2v) is 5.57. The molecular formula is C17H19N5O2. The molecule has 1 aromatic heterocycles. The van der Waals surface area contributed by atoms with Crippen molar-refractivity contribution in [1.29, 1.82) is 0 Å². The third kappa shape index (κ3) is 3.51. The molecule has 3 rings (SSSR count). The van der Waals surface area contributed by atoms with Crippen LogP contribution in [-0.2, 0) is 0 Å². The van der Waals surface area contributed by atoms with Gasteiger partial charge < -0.3 is 15.5 Å². The van der Waals surface area contributed by atoms with Crippen LogP contribution < -0.4 is 15.5 Å². The van der Waals surface area contributed by atoms with Crippen molar-refractivity contribution in [2.75, 3.05) is 30.4 Å². The molecule has 0 bridgehead atoms. The van der Waals surface area contributed by atoms with Crippen LogP contribution in [0.4, 0.5) is 11.5 Å². The van der Waals surface area contributed by atoms with Crippen LogP contribution in [0.1, 0.15) is 33.7 Å². The summed E-state index contributed by atoms with van der Waals surface area (Å²) in [5, 5.41) is 5.32. The van der Waals surface area contributed by atoms with Gasteiger partial charge in [-0.25, -0.2) is 4.98 Å². The lowest BCUT2D eigenvalue weighted by Crippen LogP contribution is -2.22. The van der Waals surface area contributed by atoms with Gasteiger partial charge in [0.15, 0.2) is 0 Å². The molecule has 1 aliphatic rings. The molecule has 1 saturated heterocycles. The Morgan fingerprint density at radius 3 is 2.42 bits per heavy atom. The molecule has 7 heteroatoms. The first-order chi connectivity index (χ1) is 11.7. The van der Waals surface area contributed by atoms with E-state index in [0.29, 0.717) is 11.3 Å². The predicted octanol–water partition coefficient (Wildman–Crippen LogP) is 1.69. The molecule has 7 nitrogen and oxygen atoms in total. The summed E-state index contributed by atoms with van der Waals surface area (Å²) < 4.78 is 0. The fourth-order valence-electron chi connectivity index (χ4n) is 2.61. The number of nitrogens with zero attached hydrogens (tertiary/aromatic N) is 3. The Morgan fingerprint density at radius 1 is 1.04 bits per heavy atom. The molecule has 2 N–H and O–H groups in total. The first-order valence-corrected chi connectivity index (χ1v) is 7.88. The Kier molecular flexibility index (Phi) is 4.69. The minimum absolute atomic E-state index is 0.169. The SMILES string of the molecule is CNC(=O)c1ccc(NC(=O)c2cncc(N3CCCC3)n2)cc1. The van der Waals surface area contributed by atoms with Crippen molar-refractivity contribution in [3.8, 4) is 0 Å². The zero-order valence-electron chi connectivity index (χ0n) is 13.5. The first kappa shape index (κ1) is 15.9. The van der Waals surface area contributed by atoms with Crippen LogP contribution in [0, 0.1) is 0 Å². The number of carbonyl (C=O) groups is 2. The van der Waals surface area contributed by atoms with Crippen LogP contribution in [-0.4, -0.2) is 41.9 Å². The van der Waals surface area contributed by atoms with Crippen molar-refractivity contribution in [3.05, 3.63) is 47.9 Å². The van der Waals surface area contributed by atoms with Gasteiger partial charge >= 0.3 is 0 Å². The lowest BCUT2D eigenvalue weighted by molar-refractivity contribution is 0.0962. The smallest absolute Gasteiger partial charge is 0.275 e. The summed E-state index contributed by atoms with van der Waals surface area (Å²) in [4.78, 5) is 34.5. The van der Waals surface area contributed by atoms with Gasteiger partial charge in [-0.1, -0.05) is 0 Å². The van der Waals surface area contributed by atoms with Gasteiger partial charge in [-0.05, 0) is 37.1 Å². The van der Waals surface area contributed by atoms with Crippen LogP contribution >= 0.6 is 0 Å². The zero-order chi connectivity index (χ0) is 16.9. The van der Waals surface area contributed by atoms with E-state index in [2.05, 4.69) is 25.5 Å². The van der Waals surface area contributed by atoms with Crippen molar-refractivity contribution in [2.45, 2.75) is 12.8 Å². The van der Waals surface area contributed by atoms with Gasteiger partial charge in [0.25, 0.3) is 11.8 Å². The molecule has 124 valence electrons. The highest BCUT2D eigenvalue weighted by atomic mass is 16.2. The summed E-state index contributed by atoms with van der Waals surface area (Å²) in [6.07, 6.45) is 5.40. The number of hydrogen-bond donors (Lipinski definition) is 2. The standard InChI is InChI=1S/C17H19N5O2/c1-18-16(23)12-4-6-13(7-5-12)20-17(24)14-10-19-11-15(21-14)22-8-2-3-9-22/h4-7,10-11H,2-3,8-9H2,1H3,(H,18,23)(H,20,24). The number of aromatic nitrogens is 2. The van der Waals surface area contributed by atoms with E-state index in [-0.39, 0.29) is 17.5 Å². The second-order valence-electron chi connectivity index (χ2n) is 5.57. The van der Waals surface area contributed by atoms with E-state index < -0.39 is 0 Å². The van der Waals surface area contributed by atoms with E-state index in [1.165, 1.54) is 6.20 Å². The van der Waals surface area contributed by atoms with Gasteiger partial charge in [0, 0.05) is 31.4 Å². The summed E-state index contributed by atoms with van der Waals surface area (Å²) in [6.45, 7) is 1.89. The molecule has 2 aromatic rings. The minimum atomic E-state index is -0.323. The molecule has 1 aliphatic heterocycles. The molecule has 2 amide bonds. The number of benzene rings is 1. The van der Waals surface area contributed by atoms with Crippen molar-refractivity contribution in [2.24, 2.45) is 0 Å². The number of amides is 2. The largest absolute Gasteiger partial charge is 0.355 e. The van der Waals surface area contributed by atoms with Gasteiger partial charge in [0.1, 0.15) is 11.5 Å². The van der Waals surface area contributed by atoms with Crippen LogP contribution in [0.2, 0.25) is 0 Å². The quantitative estimate of drug-likeness (QED) is 0.893. The van der Waals surface area contributed by atoms with Crippen LogP contribution in [0.3, 0.4) is 0 Å². The van der Waals surface area contributed by atoms with Gasteiger partial charge in [-0.2, -0.15) is 0 Å². The highest BCUT2D eigenvalue weighted by Crippen LogP contribution is 2.17. The summed E-state index contributed by atoms with van der Waals surface area (Å²) >= 11 is 0. The summed E-state index contributed by atoms with van der Waals surface area (Å²) in [7, 11) is 1.57. The van der Waals surface area contributed by atoms with E-state index in [9.17, 15) is 9.59 Å². The normalized spacial score (nSPS) is 13.6. The Hall–Kier alpha value is -2.96. The first-order valence-electron chi connectivity index (χ1n) is 7.88. The molecule has 0 spiro atoms. The van der Waals surface area contributed by atoms with E-state index in [4.69, 9.17) is 0 Å². The second kappa shape index (κ2) is 7.08. The third-order valence-corrected chi connectivity index (χ3v) is 3.92. The van der Waals surface area contributed by atoms with E-state index in [1.807, 2.05) is 0 Å². The Labute approximate surface area is 140 Å². The van der Waals surface area contributed by atoms with Gasteiger partial charge in [0.2, 0.25) is 0 Å². The van der Waals surface area contributed by atoms with E-state index in [1.54, 1.807) is 37.5 Å². The number of nitrogens with one attached hydrogen (secondary N) is 2. The van der Waals surface area contributed by atoms with Crippen LogP contribution in [0.15, 0.2) is 36.7 Å². The lowest BCUT2D eigenvalue weighted by atomic mass is 10.2. The number of carbonyl (C=O) groups excluding carboxylic acids is 2. The maximum atomic E-state index is 12.3. The molecule has 0 aliphatic carbocycles. The average Bonchev–Trinajstić information content (AvgIpc) is 3.16. The highest BCUT2D eigenvalue weighted by molar-refractivity contribution is 6.03. The average molecular weight is 325 g/mol. The molecule has 0 atom stereocenters. The molecule has 0 saturated carbocycles. The zero-order valence-corrected chi connectivity index (χ0v) is 13.5. The van der Waals surface area contributed by atoms with Crippen LogP contribution in [0.25, 0.3) is 0 Å². The monoisotopic (exact) mass is 325 g/mol. The molecule has 0 unspecified atom stereocenters. The fourth-order valence-corrected chi connectivity index (χ4v) is 2.61. The van der Waals surface area contributed by atoms with Crippen molar-refractivity contribution < 1.29 is 9.59 Å². The number of anilines is 2. The highest BCUT2D eigenvalue weighted by Gasteiger charge is 2.16. The van der Waals surface area contributed by atoms with E-state index >= 15 is 0 Å². The number of rotatable bonds is 4. The van der Waals surface area contributed by atoms with Gasteiger partial charge in [-0.3, -0.25) is 14.6 Å². The summed E-state index contributed by atoms with van der Waals surface area (Å²) in [5.74, 6) is 0.239. The molecule has 1 aromatic carbocycles. The van der Waals surface area contributed by atoms with E-state index in [0.717, 1.165) is 31.7 Å². The maximum absolute atomic E-state index is 12.3. The Balaban J connectivity index is 1.70. The molecule has 1 fully saturated rings. The molecule has 0 radical (unpaired) electrons. The fraction of sp³-hybridized carbons (Fsp3) is 0.294. The van der Waals surface area contributed by atoms with Gasteiger partial charge in [-0.15, -0.1) is 0 Å². The van der Waals surface area contributed by atoms with Crippen molar-refractivity contribution in [3.63, 3.8) is 0 Å². The summed E-state index contributed by atoms with van der Waals surface area (Å²) in [5.41, 5.74) is 1.40. The van der Waals surface area contributed by atoms with Crippen LogP contribution in [0.5, 0.6) is 0 Å². The summed E-state index contributed by atoms with van der Waals surface area (Å²) in [6, 6.07) is 6.67. The Bertz CT molecular complexity index is 739. The van der Waals surface area contributed by atoms with Crippen molar-refractivity contribution in [1.82, 2.24) is 15.3 Å². The Morgan fingerprint density at radius 2 is 1.75 bits per heavy atom. The predicted molar refractivity (Wildman–Crippen MR) is 91.3 cm³/mol. The molecule has 2 heterocycles.